The number of carbonyl (C=O) groups is 6. The zero-order chi connectivity index (χ0) is 42.4. The van der Waals surface area contributed by atoms with Crippen molar-refractivity contribution in [2.75, 3.05) is 13.1 Å². The lowest BCUT2D eigenvalue weighted by Crippen LogP contribution is -2.60. The van der Waals surface area contributed by atoms with Crippen LogP contribution in [0, 0.1) is 17.8 Å². The van der Waals surface area contributed by atoms with Gasteiger partial charge >= 0.3 is 11.9 Å². The SMILES string of the molecule is CC[C@H](C)[C@H](NC(=O)[C@H](Cc1ccc(O)cc1)NC[C@H](CC(C)C)C(=O)O)C(=O)N[C@@H](Cc1cnc[nH]1)C(=O)N1CCC[C@H]1C(=O)N[C@@H](Cc1ccccc1)C(=O)O. The summed E-state index contributed by atoms with van der Waals surface area (Å²) >= 11 is 0. The molecule has 0 bridgehead atoms. The molecule has 1 aromatic heterocycles. The Kier molecular flexibility index (Phi) is 16.8. The van der Waals surface area contributed by atoms with Crippen LogP contribution in [-0.2, 0) is 48.0 Å². The van der Waals surface area contributed by atoms with E-state index in [4.69, 9.17) is 0 Å². The Morgan fingerprint density at radius 2 is 1.50 bits per heavy atom. The number of benzene rings is 2. The van der Waals surface area contributed by atoms with Gasteiger partial charge < -0.3 is 46.5 Å². The summed E-state index contributed by atoms with van der Waals surface area (Å²) in [6.07, 6.45) is 4.74. The summed E-state index contributed by atoms with van der Waals surface area (Å²) in [6.45, 7) is 7.67. The summed E-state index contributed by atoms with van der Waals surface area (Å²) in [5.74, 6) is -5.62. The van der Waals surface area contributed by atoms with Crippen LogP contribution in [0.5, 0.6) is 5.75 Å². The number of aromatic hydroxyl groups is 1. The fraction of sp³-hybridized carbons (Fsp3) is 0.500. The highest BCUT2D eigenvalue weighted by atomic mass is 16.4. The lowest BCUT2D eigenvalue weighted by Gasteiger charge is -2.31. The number of phenolic OH excluding ortho intramolecular Hbond substituents is 1. The number of hydrogen-bond donors (Lipinski definition) is 8. The van der Waals surface area contributed by atoms with E-state index >= 15 is 0 Å². The number of carboxylic acids is 2. The molecule has 0 unspecified atom stereocenters. The Labute approximate surface area is 338 Å². The van der Waals surface area contributed by atoms with Crippen LogP contribution in [0.4, 0.5) is 0 Å². The largest absolute Gasteiger partial charge is 0.508 e. The zero-order valence-corrected chi connectivity index (χ0v) is 33.5. The molecular formula is C42H57N7O9. The van der Waals surface area contributed by atoms with Gasteiger partial charge in [-0.25, -0.2) is 9.78 Å². The Balaban J connectivity index is 1.54. The number of rotatable bonds is 22. The molecule has 4 rings (SSSR count). The number of phenols is 1. The first-order chi connectivity index (χ1) is 27.7. The van der Waals surface area contributed by atoms with Crippen LogP contribution in [0.25, 0.3) is 0 Å². The first-order valence-electron chi connectivity index (χ1n) is 19.9. The monoisotopic (exact) mass is 803 g/mol. The molecule has 7 atom stereocenters. The standard InChI is InChI=1S/C42H57N7O9/c1-5-26(4)36(48-37(51)32(19-28-13-15-31(50)16-14-28)44-22-29(41(55)56)18-25(2)3)39(53)46-33(21-30-23-43-24-45-30)40(54)49-17-9-12-35(49)38(52)47-34(42(57)58)20-27-10-7-6-8-11-27/h6-8,10-11,13-16,23-26,29,32-36,44,50H,5,9,12,17-22H2,1-4H3,(H,43,45)(H,46,53)(H,47,52)(H,48,51)(H,55,56)(H,57,58)/t26-,29-,32-,33-,34-,35-,36-/m0/s1. The van der Waals surface area contributed by atoms with E-state index in [9.17, 15) is 44.1 Å². The van der Waals surface area contributed by atoms with E-state index in [-0.39, 0.29) is 44.0 Å². The van der Waals surface area contributed by atoms with Crippen molar-refractivity contribution in [3.8, 4) is 5.75 Å². The number of carbonyl (C=O) groups excluding carboxylic acids is 4. The third kappa shape index (κ3) is 13.1. The Morgan fingerprint density at radius 3 is 2.10 bits per heavy atom. The number of amides is 4. The average molecular weight is 804 g/mol. The normalized spacial score (nSPS) is 17.1. The van der Waals surface area contributed by atoms with Gasteiger partial charge in [0.05, 0.1) is 18.3 Å². The number of H-pyrrole nitrogens is 1. The van der Waals surface area contributed by atoms with E-state index < -0.39 is 77.6 Å². The van der Waals surface area contributed by atoms with E-state index in [1.165, 1.54) is 29.6 Å². The fourth-order valence-corrected chi connectivity index (χ4v) is 7.10. The second-order valence-corrected chi connectivity index (χ2v) is 15.5. The maximum absolute atomic E-state index is 14.4. The number of aliphatic carboxylic acids is 2. The number of imidazole rings is 1. The molecule has 16 nitrogen and oxygen atoms in total. The van der Waals surface area contributed by atoms with Crippen molar-refractivity contribution in [3.05, 3.63) is 83.9 Å². The van der Waals surface area contributed by atoms with Gasteiger partial charge in [-0.05, 0) is 60.8 Å². The van der Waals surface area contributed by atoms with Crippen LogP contribution in [0.3, 0.4) is 0 Å². The average Bonchev–Trinajstić information content (AvgIpc) is 3.91. The third-order valence-electron chi connectivity index (χ3n) is 10.5. The summed E-state index contributed by atoms with van der Waals surface area (Å²) < 4.78 is 0. The van der Waals surface area contributed by atoms with Gasteiger partial charge in [-0.3, -0.25) is 24.0 Å². The first kappa shape index (κ1) is 44.9. The molecule has 58 heavy (non-hydrogen) atoms. The molecule has 8 N–H and O–H groups in total. The number of hydrogen-bond acceptors (Lipinski definition) is 9. The molecule has 1 saturated heterocycles. The highest BCUT2D eigenvalue weighted by Gasteiger charge is 2.40. The number of nitrogens with zero attached hydrogens (tertiary/aromatic N) is 2. The van der Waals surface area contributed by atoms with E-state index in [1.54, 1.807) is 49.4 Å². The van der Waals surface area contributed by atoms with E-state index in [2.05, 4.69) is 31.2 Å². The predicted octanol–water partition coefficient (Wildman–Crippen LogP) is 2.42. The first-order valence-corrected chi connectivity index (χ1v) is 19.9. The molecule has 0 saturated carbocycles. The number of aromatic amines is 1. The summed E-state index contributed by atoms with van der Waals surface area (Å²) in [4.78, 5) is 88.9. The number of likely N-dealkylation sites (tertiary alicyclic amines) is 1. The lowest BCUT2D eigenvalue weighted by atomic mass is 9.95. The van der Waals surface area contributed by atoms with Gasteiger partial charge in [0.15, 0.2) is 0 Å². The van der Waals surface area contributed by atoms with Crippen molar-refractivity contribution in [3.63, 3.8) is 0 Å². The van der Waals surface area contributed by atoms with Gasteiger partial charge in [0.25, 0.3) is 0 Å². The van der Waals surface area contributed by atoms with Crippen LogP contribution in [0.2, 0.25) is 0 Å². The van der Waals surface area contributed by atoms with Gasteiger partial charge in [0.1, 0.15) is 29.9 Å². The summed E-state index contributed by atoms with van der Waals surface area (Å²) in [7, 11) is 0. The van der Waals surface area contributed by atoms with Crippen LogP contribution in [-0.4, -0.2) is 109 Å². The molecular weight excluding hydrogens is 747 g/mol. The van der Waals surface area contributed by atoms with Gasteiger partial charge in [0, 0.05) is 37.8 Å². The van der Waals surface area contributed by atoms with Crippen molar-refractivity contribution in [1.82, 2.24) is 36.1 Å². The fourth-order valence-electron chi connectivity index (χ4n) is 7.10. The molecule has 0 radical (unpaired) electrons. The summed E-state index contributed by atoms with van der Waals surface area (Å²) in [5.41, 5.74) is 1.94. The molecule has 1 fully saturated rings. The number of aromatic nitrogens is 2. The van der Waals surface area contributed by atoms with Gasteiger partial charge in [-0.15, -0.1) is 0 Å². The zero-order valence-electron chi connectivity index (χ0n) is 33.5. The summed E-state index contributed by atoms with van der Waals surface area (Å²) in [6, 6.07) is 9.69. The van der Waals surface area contributed by atoms with Crippen LogP contribution in [0.1, 0.15) is 70.2 Å². The topological polar surface area (TPSA) is 243 Å². The minimum absolute atomic E-state index is 0.00528. The summed E-state index contributed by atoms with van der Waals surface area (Å²) in [5, 5.41) is 41.0. The Morgan fingerprint density at radius 1 is 0.828 bits per heavy atom. The van der Waals surface area contributed by atoms with Crippen molar-refractivity contribution >= 4 is 35.6 Å². The second kappa shape index (κ2) is 21.7. The molecule has 1 aliphatic heterocycles. The lowest BCUT2D eigenvalue weighted by molar-refractivity contribution is -0.145. The van der Waals surface area contributed by atoms with Crippen molar-refractivity contribution in [1.29, 1.82) is 0 Å². The molecule has 1 aliphatic rings. The third-order valence-corrected chi connectivity index (χ3v) is 10.5. The maximum Gasteiger partial charge on any atom is 0.326 e. The minimum atomic E-state index is -1.23. The van der Waals surface area contributed by atoms with Crippen molar-refractivity contribution in [2.24, 2.45) is 17.8 Å². The van der Waals surface area contributed by atoms with Gasteiger partial charge in [-0.1, -0.05) is 76.6 Å². The van der Waals surface area contributed by atoms with Crippen LogP contribution < -0.4 is 21.3 Å². The second-order valence-electron chi connectivity index (χ2n) is 15.5. The quantitative estimate of drug-likeness (QED) is 0.0734. The number of nitrogens with one attached hydrogen (secondary N) is 5. The van der Waals surface area contributed by atoms with Gasteiger partial charge in [0.2, 0.25) is 23.6 Å². The van der Waals surface area contributed by atoms with E-state index in [0.717, 1.165) is 5.56 Å². The number of carboxylic acid groups (broad SMARTS) is 2. The Hall–Kier alpha value is -5.77. The smallest absolute Gasteiger partial charge is 0.326 e. The molecule has 3 aromatic rings. The van der Waals surface area contributed by atoms with E-state index in [1.807, 2.05) is 20.8 Å². The molecule has 0 spiro atoms. The predicted molar refractivity (Wildman–Crippen MR) is 214 cm³/mol. The molecule has 314 valence electrons. The van der Waals surface area contributed by atoms with E-state index in [0.29, 0.717) is 36.9 Å². The van der Waals surface area contributed by atoms with Crippen molar-refractivity contribution < 1.29 is 44.1 Å². The highest BCUT2D eigenvalue weighted by molar-refractivity contribution is 5.96. The van der Waals surface area contributed by atoms with Crippen LogP contribution in [0.15, 0.2) is 67.1 Å². The van der Waals surface area contributed by atoms with Crippen LogP contribution >= 0.6 is 0 Å². The maximum atomic E-state index is 14.4. The minimum Gasteiger partial charge on any atom is -0.508 e. The van der Waals surface area contributed by atoms with Crippen molar-refractivity contribution in [2.45, 2.75) is 103 Å². The highest BCUT2D eigenvalue weighted by Crippen LogP contribution is 2.21. The van der Waals surface area contributed by atoms with Gasteiger partial charge in [-0.2, -0.15) is 0 Å². The molecule has 16 heteroatoms. The molecule has 4 amide bonds. The molecule has 2 aromatic carbocycles. The molecule has 2 heterocycles. The Bertz CT molecular complexity index is 1820. The molecule has 0 aliphatic carbocycles.